The van der Waals surface area contributed by atoms with Gasteiger partial charge in [0.2, 0.25) is 12.0 Å². The summed E-state index contributed by atoms with van der Waals surface area (Å²) in [4.78, 5) is 24.8. The molecule has 3 heterocycles. The van der Waals surface area contributed by atoms with Crippen molar-refractivity contribution < 1.29 is 93.1 Å². The fourth-order valence-electron chi connectivity index (χ4n) is 6.49. The van der Waals surface area contributed by atoms with E-state index in [1.54, 1.807) is 6.08 Å². The van der Waals surface area contributed by atoms with Crippen molar-refractivity contribution in [3.05, 3.63) is 60.4 Å². The van der Waals surface area contributed by atoms with Crippen LogP contribution in [0.1, 0.15) is 12.0 Å². The van der Waals surface area contributed by atoms with Gasteiger partial charge in [-0.05, 0) is 35.8 Å². The number of hydrogen-bond acceptors (Lipinski definition) is 19. The van der Waals surface area contributed by atoms with Crippen LogP contribution < -0.4 is 9.47 Å². The molecule has 3 aliphatic heterocycles. The van der Waals surface area contributed by atoms with E-state index in [1.165, 1.54) is 39.5 Å². The first-order chi connectivity index (χ1) is 26.3. The van der Waals surface area contributed by atoms with Gasteiger partial charge in [-0.1, -0.05) is 6.08 Å². The highest BCUT2D eigenvalue weighted by molar-refractivity contribution is 5.89. The van der Waals surface area contributed by atoms with Gasteiger partial charge < -0.3 is 83.5 Å². The second-order valence-corrected chi connectivity index (χ2v) is 12.6. The lowest BCUT2D eigenvalue weighted by atomic mass is 9.83. The number of carbonyl (C=O) groups excluding carboxylic acids is 2. The first-order valence-electron chi connectivity index (χ1n) is 17.0. The number of benzene rings is 1. The Morgan fingerprint density at radius 2 is 1.42 bits per heavy atom. The molecule has 0 spiro atoms. The molecule has 1 aromatic carbocycles. The van der Waals surface area contributed by atoms with E-state index in [4.69, 9.17) is 42.6 Å². The Bertz CT molecular complexity index is 1540. The van der Waals surface area contributed by atoms with Gasteiger partial charge in [0.1, 0.15) is 55.4 Å². The predicted molar refractivity (Wildman–Crippen MR) is 185 cm³/mol. The Morgan fingerprint density at radius 3 is 2.00 bits per heavy atom. The van der Waals surface area contributed by atoms with Gasteiger partial charge in [-0.15, -0.1) is 13.2 Å². The molecule has 0 amide bonds. The Morgan fingerprint density at radius 1 is 0.836 bits per heavy atom. The number of fused-ring (bicyclic) bond motifs is 1. The number of phenolic OH excluding ortho intramolecular Hbond substituents is 1. The minimum atomic E-state index is -1.83. The van der Waals surface area contributed by atoms with Crippen LogP contribution in [0.5, 0.6) is 17.2 Å². The Labute approximate surface area is 315 Å². The van der Waals surface area contributed by atoms with Crippen LogP contribution in [-0.2, 0) is 42.7 Å². The lowest BCUT2D eigenvalue weighted by Gasteiger charge is -2.44. The molecule has 4 aliphatic rings. The number of aliphatic hydroxyl groups is 7. The lowest BCUT2D eigenvalue weighted by Crippen LogP contribution is -2.62. The fourth-order valence-corrected chi connectivity index (χ4v) is 6.49. The smallest absolute Gasteiger partial charge is 0.337 e. The van der Waals surface area contributed by atoms with Crippen LogP contribution in [-0.4, -0.2) is 162 Å². The molecule has 0 radical (unpaired) electrons. The molecule has 1 aromatic rings. The first-order valence-corrected chi connectivity index (χ1v) is 17.0. The van der Waals surface area contributed by atoms with E-state index in [0.29, 0.717) is 17.6 Å². The van der Waals surface area contributed by atoms with Crippen LogP contribution in [0.4, 0.5) is 0 Å². The van der Waals surface area contributed by atoms with Crippen LogP contribution in [0.25, 0.3) is 6.08 Å². The van der Waals surface area contributed by atoms with Crippen molar-refractivity contribution in [2.75, 3.05) is 41.2 Å². The lowest BCUT2D eigenvalue weighted by molar-refractivity contribution is -0.352. The zero-order valence-corrected chi connectivity index (χ0v) is 30.3. The standard InChI is InChI=1S/C34H44O19.C2H4/c1-45-18-8-14(9-19(46-2)24(18)37)4-7-22(36)48-12-20-25(38)27(40)29(42)33(51-20)50-13-21-26(39)28(41)30(43)34(52-21)53-32-23-15(10-35)5-6-16(23)17(11-49-32)31(44)47-3;1-2/h4-5,7-9,11,16,20-21,23,25-30,32-35,37-43H,6,10,12-13H2,1-3H3;1-2H2/b7-4+;/t16-,20-,21-,23-,25-,26-,27+,28+,29-,30-,32+,33-,34+;/m1./s1. The van der Waals surface area contributed by atoms with E-state index in [9.17, 15) is 50.4 Å². The number of rotatable bonds is 13. The summed E-state index contributed by atoms with van der Waals surface area (Å²) in [6.45, 7) is 4.41. The third-order valence-electron chi connectivity index (χ3n) is 9.45. The van der Waals surface area contributed by atoms with Gasteiger partial charge in [-0.25, -0.2) is 9.59 Å². The molecule has 1 aliphatic carbocycles. The molecule has 306 valence electrons. The molecule has 2 saturated heterocycles. The average Bonchev–Trinajstić information content (AvgIpc) is 3.64. The summed E-state index contributed by atoms with van der Waals surface area (Å²) >= 11 is 0. The number of carbonyl (C=O) groups is 2. The van der Waals surface area contributed by atoms with Crippen LogP contribution in [0.15, 0.2) is 54.9 Å². The van der Waals surface area contributed by atoms with E-state index >= 15 is 0 Å². The van der Waals surface area contributed by atoms with Gasteiger partial charge in [0.15, 0.2) is 24.1 Å². The van der Waals surface area contributed by atoms with Crippen LogP contribution >= 0.6 is 0 Å². The van der Waals surface area contributed by atoms with E-state index in [-0.39, 0.29) is 29.4 Å². The third-order valence-corrected chi connectivity index (χ3v) is 9.45. The number of aromatic hydroxyl groups is 1. The third kappa shape index (κ3) is 9.65. The fraction of sp³-hybridized carbons (Fsp3) is 0.556. The van der Waals surface area contributed by atoms with E-state index in [1.807, 2.05) is 0 Å². The molecular formula is C36H48O19. The van der Waals surface area contributed by atoms with Crippen molar-refractivity contribution in [3.63, 3.8) is 0 Å². The number of phenols is 1. The van der Waals surface area contributed by atoms with Crippen LogP contribution in [0.3, 0.4) is 0 Å². The molecule has 2 fully saturated rings. The summed E-state index contributed by atoms with van der Waals surface area (Å²) in [5.74, 6) is -2.73. The molecule has 19 nitrogen and oxygen atoms in total. The Hall–Kier alpha value is -4.12. The van der Waals surface area contributed by atoms with Gasteiger partial charge in [-0.3, -0.25) is 0 Å². The SMILES string of the molecule is C=C.COC(=O)C1=CO[C@@H](O[C@@H]2O[C@H](CO[C@@H]3O[C@H](COC(=O)/C=C/c4cc(OC)c(O)c(OC)c4)[C@@H](O)[C@H](O)[C@H]3O)[C@@H](O)[C@H](O)[C@H]2O)[C@@H]2C(CO)=CC[C@H]12. The van der Waals surface area contributed by atoms with Crippen LogP contribution in [0, 0.1) is 11.8 Å². The summed E-state index contributed by atoms with van der Waals surface area (Å²) in [7, 11) is 3.89. The molecule has 8 N–H and O–H groups in total. The van der Waals surface area contributed by atoms with E-state index < -0.39 is 105 Å². The molecule has 0 aromatic heterocycles. The van der Waals surface area contributed by atoms with E-state index in [2.05, 4.69) is 13.2 Å². The van der Waals surface area contributed by atoms with Gasteiger partial charge in [0.25, 0.3) is 0 Å². The largest absolute Gasteiger partial charge is 0.502 e. The molecule has 0 saturated carbocycles. The second-order valence-electron chi connectivity index (χ2n) is 12.6. The monoisotopic (exact) mass is 784 g/mol. The maximum atomic E-state index is 12.5. The summed E-state index contributed by atoms with van der Waals surface area (Å²) in [5.41, 5.74) is 1.12. The Kier molecular flexibility index (Phi) is 15.6. The topological polar surface area (TPSA) is 279 Å². The maximum Gasteiger partial charge on any atom is 0.337 e. The molecule has 0 bridgehead atoms. The Balaban J connectivity index is 0.00000331. The summed E-state index contributed by atoms with van der Waals surface area (Å²) < 4.78 is 48.6. The first kappa shape index (κ1) is 43.6. The molecule has 0 unspecified atom stereocenters. The number of hydrogen-bond donors (Lipinski definition) is 8. The zero-order chi connectivity index (χ0) is 40.6. The van der Waals surface area contributed by atoms with Crippen molar-refractivity contribution in [1.29, 1.82) is 0 Å². The molecule has 5 rings (SSSR count). The molecule has 13 atom stereocenters. The highest BCUT2D eigenvalue weighted by atomic mass is 16.8. The maximum absolute atomic E-state index is 12.5. The number of esters is 2. The van der Waals surface area contributed by atoms with Gasteiger partial charge in [-0.2, -0.15) is 0 Å². The van der Waals surface area contributed by atoms with E-state index in [0.717, 1.165) is 12.3 Å². The molecule has 55 heavy (non-hydrogen) atoms. The van der Waals surface area contributed by atoms with Crippen molar-refractivity contribution in [2.45, 2.75) is 74.1 Å². The molecule has 19 heteroatoms. The second kappa shape index (κ2) is 19.6. The molecular weight excluding hydrogens is 736 g/mol. The van der Waals surface area contributed by atoms with Gasteiger partial charge >= 0.3 is 11.9 Å². The zero-order valence-electron chi connectivity index (χ0n) is 30.3. The minimum Gasteiger partial charge on any atom is -0.502 e. The minimum absolute atomic E-state index is 0.0945. The predicted octanol–water partition coefficient (Wildman–Crippen LogP) is -1.62. The van der Waals surface area contributed by atoms with Gasteiger partial charge in [0.05, 0.1) is 52.3 Å². The van der Waals surface area contributed by atoms with Crippen molar-refractivity contribution in [3.8, 4) is 17.2 Å². The highest BCUT2D eigenvalue weighted by Crippen LogP contribution is 2.44. The normalized spacial score (nSPS) is 34.3. The van der Waals surface area contributed by atoms with Crippen LogP contribution in [0.2, 0.25) is 0 Å². The van der Waals surface area contributed by atoms with Gasteiger partial charge in [0, 0.05) is 12.0 Å². The number of allylic oxidation sites excluding steroid dienone is 1. The van der Waals surface area contributed by atoms with Crippen molar-refractivity contribution in [2.24, 2.45) is 11.8 Å². The quantitative estimate of drug-likeness (QED) is 0.0634. The summed E-state index contributed by atoms with van der Waals surface area (Å²) in [5, 5.41) is 83.6. The highest BCUT2D eigenvalue weighted by Gasteiger charge is 2.51. The average molecular weight is 785 g/mol. The summed E-state index contributed by atoms with van der Waals surface area (Å²) in [6, 6.07) is 2.88. The van der Waals surface area contributed by atoms with Crippen molar-refractivity contribution >= 4 is 18.0 Å². The number of aliphatic hydroxyl groups excluding tert-OH is 7. The number of methoxy groups -OCH3 is 3. The number of ether oxygens (including phenoxy) is 9. The summed E-state index contributed by atoms with van der Waals surface area (Å²) in [6.07, 6.45) is -12.4. The van der Waals surface area contributed by atoms with Crippen molar-refractivity contribution in [1.82, 2.24) is 0 Å².